The lowest BCUT2D eigenvalue weighted by Gasteiger charge is -2.29. The molecule has 0 bridgehead atoms. The summed E-state index contributed by atoms with van der Waals surface area (Å²) in [6.07, 6.45) is -0.181. The Balaban J connectivity index is 2.28. The van der Waals surface area contributed by atoms with Gasteiger partial charge in [-0.05, 0) is 30.5 Å². The first kappa shape index (κ1) is 23.3. The zero-order valence-corrected chi connectivity index (χ0v) is 18.1. The second-order valence-corrected chi connectivity index (χ2v) is 7.97. The van der Waals surface area contributed by atoms with Crippen LogP contribution in [0.4, 0.5) is 5.69 Å². The van der Waals surface area contributed by atoms with Gasteiger partial charge in [-0.25, -0.2) is 0 Å². The van der Waals surface area contributed by atoms with E-state index in [1.165, 1.54) is 11.0 Å². The Kier molecular flexibility index (Phi) is 8.35. The van der Waals surface area contributed by atoms with Gasteiger partial charge in [0.25, 0.3) is 5.69 Å². The molecule has 2 rings (SSSR count). The first-order valence-corrected chi connectivity index (χ1v) is 10.1. The quantitative estimate of drug-likeness (QED) is 0.480. The molecule has 1 N–H and O–H groups in total. The van der Waals surface area contributed by atoms with Gasteiger partial charge in [-0.2, -0.15) is 0 Å². The van der Waals surface area contributed by atoms with E-state index in [-0.39, 0.29) is 36.4 Å². The minimum atomic E-state index is -0.752. The third-order valence-corrected chi connectivity index (χ3v) is 4.86. The molecule has 0 aliphatic heterocycles. The molecule has 0 saturated heterocycles. The molecule has 0 radical (unpaired) electrons. The van der Waals surface area contributed by atoms with Crippen molar-refractivity contribution in [3.8, 4) is 0 Å². The van der Waals surface area contributed by atoms with Gasteiger partial charge in [-0.3, -0.25) is 19.7 Å². The van der Waals surface area contributed by atoms with E-state index in [0.29, 0.717) is 17.1 Å². The molecular formula is C22H26ClN3O4. The molecule has 2 aromatic rings. The molecule has 1 atom stereocenters. The molecule has 2 aromatic carbocycles. The van der Waals surface area contributed by atoms with E-state index < -0.39 is 11.0 Å². The van der Waals surface area contributed by atoms with E-state index in [2.05, 4.69) is 5.32 Å². The predicted molar refractivity (Wildman–Crippen MR) is 116 cm³/mol. The van der Waals surface area contributed by atoms with Crippen LogP contribution in [0.5, 0.6) is 0 Å². The number of carbonyl (C=O) groups excluding carboxylic acids is 2. The van der Waals surface area contributed by atoms with Crippen molar-refractivity contribution < 1.29 is 14.5 Å². The van der Waals surface area contributed by atoms with Gasteiger partial charge in [-0.15, -0.1) is 0 Å². The summed E-state index contributed by atoms with van der Waals surface area (Å²) in [7, 11) is 0. The zero-order valence-electron chi connectivity index (χ0n) is 17.3. The first-order chi connectivity index (χ1) is 14.2. The monoisotopic (exact) mass is 431 g/mol. The number of nitro benzene ring substituents is 1. The van der Waals surface area contributed by atoms with Crippen molar-refractivity contribution in [3.05, 3.63) is 74.8 Å². The summed E-state index contributed by atoms with van der Waals surface area (Å²) < 4.78 is 0. The minimum Gasteiger partial charge on any atom is -0.354 e. The number of nitrogens with zero attached hydrogens (tertiary/aromatic N) is 2. The van der Waals surface area contributed by atoms with Crippen LogP contribution in [0.3, 0.4) is 0 Å². The van der Waals surface area contributed by atoms with Crippen LogP contribution < -0.4 is 5.32 Å². The van der Waals surface area contributed by atoms with Crippen molar-refractivity contribution in [1.82, 2.24) is 10.2 Å². The Morgan fingerprint density at radius 1 is 1.13 bits per heavy atom. The Bertz CT molecular complexity index is 917. The lowest BCUT2D eigenvalue weighted by Crippen LogP contribution is -2.48. The van der Waals surface area contributed by atoms with Crippen LogP contribution in [-0.2, 0) is 22.6 Å². The average molecular weight is 432 g/mol. The maximum Gasteiger partial charge on any atom is 0.273 e. The number of carbonyl (C=O) groups is 2. The van der Waals surface area contributed by atoms with E-state index in [9.17, 15) is 19.7 Å². The summed E-state index contributed by atoms with van der Waals surface area (Å²) in [5, 5.41) is 14.7. The lowest BCUT2D eigenvalue weighted by atomic mass is 10.1. The van der Waals surface area contributed by atoms with E-state index >= 15 is 0 Å². The number of halogens is 1. The molecule has 30 heavy (non-hydrogen) atoms. The molecule has 0 spiro atoms. The highest BCUT2D eigenvalue weighted by molar-refractivity contribution is 6.30. The largest absolute Gasteiger partial charge is 0.354 e. The topological polar surface area (TPSA) is 92.6 Å². The second-order valence-electron chi connectivity index (χ2n) is 7.53. The van der Waals surface area contributed by atoms with Crippen LogP contribution in [0.25, 0.3) is 0 Å². The Labute approximate surface area is 181 Å². The zero-order chi connectivity index (χ0) is 22.3. The van der Waals surface area contributed by atoms with Crippen molar-refractivity contribution >= 4 is 29.1 Å². The number of benzene rings is 2. The van der Waals surface area contributed by atoms with Crippen LogP contribution >= 0.6 is 11.6 Å². The molecule has 8 heteroatoms. The highest BCUT2D eigenvalue weighted by Gasteiger charge is 2.28. The summed E-state index contributed by atoms with van der Waals surface area (Å²) in [5.41, 5.74) is 0.950. The molecule has 0 aromatic heterocycles. The van der Waals surface area contributed by atoms with Gasteiger partial charge in [0, 0.05) is 29.7 Å². The van der Waals surface area contributed by atoms with Gasteiger partial charge in [0.2, 0.25) is 11.8 Å². The van der Waals surface area contributed by atoms with E-state index in [4.69, 9.17) is 11.6 Å². The van der Waals surface area contributed by atoms with Crippen LogP contribution in [-0.4, -0.2) is 34.2 Å². The SMILES string of the molecule is CC(C)CNC(=O)C(C)N(Cc1cccc(Cl)c1)C(=O)Cc1ccccc1[N+](=O)[O-]. The van der Waals surface area contributed by atoms with Crippen LogP contribution in [0, 0.1) is 16.0 Å². The highest BCUT2D eigenvalue weighted by atomic mass is 35.5. The van der Waals surface area contributed by atoms with Gasteiger partial charge in [0.1, 0.15) is 6.04 Å². The molecule has 0 saturated carbocycles. The predicted octanol–water partition coefficient (Wildman–Crippen LogP) is 3.98. The number of rotatable bonds is 9. The summed E-state index contributed by atoms with van der Waals surface area (Å²) in [6.45, 7) is 6.27. The van der Waals surface area contributed by atoms with E-state index in [0.717, 1.165) is 5.56 Å². The number of nitro groups is 1. The summed E-state index contributed by atoms with van der Waals surface area (Å²) in [5.74, 6) is -0.386. The van der Waals surface area contributed by atoms with Crippen molar-refractivity contribution in [2.75, 3.05) is 6.54 Å². The Morgan fingerprint density at radius 3 is 2.47 bits per heavy atom. The van der Waals surface area contributed by atoms with Gasteiger partial charge in [-0.1, -0.05) is 55.8 Å². The Morgan fingerprint density at radius 2 is 1.83 bits per heavy atom. The van der Waals surface area contributed by atoms with Crippen LogP contribution in [0.2, 0.25) is 5.02 Å². The van der Waals surface area contributed by atoms with Gasteiger partial charge < -0.3 is 10.2 Å². The van der Waals surface area contributed by atoms with E-state index in [1.807, 2.05) is 19.9 Å². The maximum absolute atomic E-state index is 13.2. The molecule has 0 fully saturated rings. The second kappa shape index (κ2) is 10.7. The van der Waals surface area contributed by atoms with Crippen molar-refractivity contribution in [2.24, 2.45) is 5.92 Å². The maximum atomic E-state index is 13.2. The number of hydrogen-bond donors (Lipinski definition) is 1. The van der Waals surface area contributed by atoms with Gasteiger partial charge >= 0.3 is 0 Å². The number of hydrogen-bond acceptors (Lipinski definition) is 4. The van der Waals surface area contributed by atoms with Crippen molar-refractivity contribution in [3.63, 3.8) is 0 Å². The van der Waals surface area contributed by atoms with E-state index in [1.54, 1.807) is 43.3 Å². The van der Waals surface area contributed by atoms with Crippen LogP contribution in [0.1, 0.15) is 31.9 Å². The molecule has 0 aliphatic carbocycles. The molecule has 7 nitrogen and oxygen atoms in total. The molecule has 160 valence electrons. The van der Waals surface area contributed by atoms with Crippen LogP contribution in [0.15, 0.2) is 48.5 Å². The normalized spacial score (nSPS) is 11.8. The standard InChI is InChI=1S/C22H26ClN3O4/c1-15(2)13-24-22(28)16(3)25(14-17-7-6-9-19(23)11-17)21(27)12-18-8-4-5-10-20(18)26(29)30/h4-11,15-16H,12-14H2,1-3H3,(H,24,28). The summed E-state index contributed by atoms with van der Waals surface area (Å²) >= 11 is 6.06. The summed E-state index contributed by atoms with van der Waals surface area (Å²) in [6, 6.07) is 12.4. The number of amides is 2. The number of para-hydroxylation sites is 1. The Hall–Kier alpha value is -2.93. The highest BCUT2D eigenvalue weighted by Crippen LogP contribution is 2.21. The smallest absolute Gasteiger partial charge is 0.273 e. The van der Waals surface area contributed by atoms with Crippen molar-refractivity contribution in [2.45, 2.75) is 39.8 Å². The lowest BCUT2D eigenvalue weighted by molar-refractivity contribution is -0.385. The molecule has 0 aliphatic rings. The third-order valence-electron chi connectivity index (χ3n) is 4.62. The first-order valence-electron chi connectivity index (χ1n) is 9.73. The fourth-order valence-electron chi connectivity index (χ4n) is 2.97. The molecule has 1 unspecified atom stereocenters. The molecule has 2 amide bonds. The fourth-order valence-corrected chi connectivity index (χ4v) is 3.18. The van der Waals surface area contributed by atoms with Crippen molar-refractivity contribution in [1.29, 1.82) is 0 Å². The van der Waals surface area contributed by atoms with Gasteiger partial charge in [0.05, 0.1) is 11.3 Å². The van der Waals surface area contributed by atoms with Gasteiger partial charge in [0.15, 0.2) is 0 Å². The summed E-state index contributed by atoms with van der Waals surface area (Å²) in [4.78, 5) is 38.0. The minimum absolute atomic E-state index is 0.120. The fraction of sp³-hybridized carbons (Fsp3) is 0.364. The third kappa shape index (κ3) is 6.56. The molecule has 0 heterocycles. The molecular weight excluding hydrogens is 406 g/mol. The average Bonchev–Trinajstić information content (AvgIpc) is 2.69. The number of nitrogens with one attached hydrogen (secondary N) is 1.